The summed E-state index contributed by atoms with van der Waals surface area (Å²) in [5, 5.41) is 0. The molecule has 0 radical (unpaired) electrons. The Morgan fingerprint density at radius 2 is 1.83 bits per heavy atom. The first-order valence-corrected chi connectivity index (χ1v) is 6.74. The van der Waals surface area contributed by atoms with E-state index in [2.05, 4.69) is 22.6 Å². The molecule has 1 aromatic rings. The Morgan fingerprint density at radius 1 is 1.17 bits per heavy atom. The molecule has 1 unspecified atom stereocenters. The zero-order valence-electron chi connectivity index (χ0n) is 9.51. The van der Waals surface area contributed by atoms with Crippen LogP contribution < -0.4 is 0 Å². The first-order chi connectivity index (χ1) is 8.67. The second-order valence-corrected chi connectivity index (χ2v) is 5.51. The van der Waals surface area contributed by atoms with Crippen molar-refractivity contribution in [3.05, 3.63) is 57.7 Å². The average Bonchev–Trinajstić information content (AvgIpc) is 2.79. The van der Waals surface area contributed by atoms with Crippen LogP contribution >= 0.6 is 22.6 Å². The van der Waals surface area contributed by atoms with Gasteiger partial charge >= 0.3 is 0 Å². The highest BCUT2D eigenvalue weighted by Gasteiger charge is 2.39. The third kappa shape index (κ3) is 2.28. The lowest BCUT2D eigenvalue weighted by Gasteiger charge is -2.22. The van der Waals surface area contributed by atoms with Gasteiger partial charge in [0.1, 0.15) is 6.10 Å². The van der Waals surface area contributed by atoms with Crippen molar-refractivity contribution in [1.29, 1.82) is 0 Å². The van der Waals surface area contributed by atoms with Crippen molar-refractivity contribution >= 4 is 28.4 Å². The van der Waals surface area contributed by atoms with Gasteiger partial charge in [0.2, 0.25) is 5.79 Å². The van der Waals surface area contributed by atoms with E-state index < -0.39 is 5.79 Å². The number of benzene rings is 1. The summed E-state index contributed by atoms with van der Waals surface area (Å²) in [7, 11) is 0. The Hall–Kier alpha value is -0.980. The fourth-order valence-corrected chi connectivity index (χ4v) is 2.38. The number of ether oxygens (including phenoxy) is 2. The molecule has 1 spiro atoms. The van der Waals surface area contributed by atoms with Gasteiger partial charge in [-0.3, -0.25) is 4.79 Å². The summed E-state index contributed by atoms with van der Waals surface area (Å²) in [5.74, 6) is -0.896. The molecule has 3 rings (SSSR count). The molecule has 0 saturated carbocycles. The van der Waals surface area contributed by atoms with Gasteiger partial charge in [0.15, 0.2) is 5.78 Å². The Labute approximate surface area is 119 Å². The van der Waals surface area contributed by atoms with Crippen molar-refractivity contribution in [3.63, 3.8) is 0 Å². The highest BCUT2D eigenvalue weighted by molar-refractivity contribution is 14.1. The zero-order valence-corrected chi connectivity index (χ0v) is 11.7. The summed E-state index contributed by atoms with van der Waals surface area (Å²) in [4.78, 5) is 11.1. The van der Waals surface area contributed by atoms with E-state index in [0.717, 1.165) is 5.56 Å². The van der Waals surface area contributed by atoms with E-state index in [1.54, 1.807) is 12.2 Å². The van der Waals surface area contributed by atoms with Gasteiger partial charge in [0.25, 0.3) is 0 Å². The van der Waals surface area contributed by atoms with E-state index in [1.165, 1.54) is 15.7 Å². The predicted octanol–water partition coefficient (Wildman–Crippen LogP) is 2.77. The smallest absolute Gasteiger partial charge is 0.209 e. The molecule has 1 aliphatic heterocycles. The van der Waals surface area contributed by atoms with Crippen molar-refractivity contribution in [2.75, 3.05) is 6.61 Å². The van der Waals surface area contributed by atoms with Crippen LogP contribution in [0.15, 0.2) is 48.6 Å². The molecule has 4 heteroatoms. The van der Waals surface area contributed by atoms with E-state index in [-0.39, 0.29) is 11.9 Å². The van der Waals surface area contributed by atoms with E-state index >= 15 is 0 Å². The van der Waals surface area contributed by atoms with E-state index in [9.17, 15) is 4.79 Å². The number of allylic oxidation sites excluding steroid dienone is 2. The second kappa shape index (κ2) is 4.60. The molecule has 0 N–H and O–H groups in total. The first kappa shape index (κ1) is 12.1. The minimum absolute atomic E-state index is 0.0365. The molecule has 2 aliphatic rings. The SMILES string of the molecule is O=C1C=CC2(C=C1)OCC(c1ccc(I)cc1)O2. The van der Waals surface area contributed by atoms with Gasteiger partial charge in [-0.25, -0.2) is 0 Å². The second-order valence-electron chi connectivity index (χ2n) is 4.26. The normalized spacial score (nSPS) is 24.9. The number of rotatable bonds is 1. The summed E-state index contributed by atoms with van der Waals surface area (Å²) in [6.07, 6.45) is 6.21. The largest absolute Gasteiger partial charge is 0.340 e. The maximum Gasteiger partial charge on any atom is 0.209 e. The zero-order chi connectivity index (χ0) is 12.6. The molecule has 1 saturated heterocycles. The maximum atomic E-state index is 11.1. The third-order valence-corrected chi connectivity index (χ3v) is 3.71. The van der Waals surface area contributed by atoms with Crippen LogP contribution in [0.1, 0.15) is 11.7 Å². The van der Waals surface area contributed by atoms with Gasteiger partial charge < -0.3 is 9.47 Å². The van der Waals surface area contributed by atoms with E-state index in [1.807, 2.05) is 24.3 Å². The lowest BCUT2D eigenvalue weighted by atomic mass is 10.1. The average molecular weight is 354 g/mol. The van der Waals surface area contributed by atoms with Crippen LogP contribution in [0.25, 0.3) is 0 Å². The van der Waals surface area contributed by atoms with Crippen molar-refractivity contribution in [2.45, 2.75) is 11.9 Å². The summed E-state index contributed by atoms with van der Waals surface area (Å²) >= 11 is 2.27. The Bertz CT molecular complexity index is 514. The van der Waals surface area contributed by atoms with Crippen LogP contribution in [-0.2, 0) is 14.3 Å². The molecule has 1 heterocycles. The predicted molar refractivity (Wildman–Crippen MR) is 75.0 cm³/mol. The topological polar surface area (TPSA) is 35.5 Å². The lowest BCUT2D eigenvalue weighted by Crippen LogP contribution is -2.27. The van der Waals surface area contributed by atoms with Crippen molar-refractivity contribution in [3.8, 4) is 0 Å². The monoisotopic (exact) mass is 354 g/mol. The first-order valence-electron chi connectivity index (χ1n) is 5.67. The fourth-order valence-electron chi connectivity index (χ4n) is 2.02. The molecule has 0 bridgehead atoms. The van der Waals surface area contributed by atoms with Crippen molar-refractivity contribution in [1.82, 2.24) is 0 Å². The number of carbonyl (C=O) groups excluding carboxylic acids is 1. The summed E-state index contributed by atoms with van der Waals surface area (Å²) in [6, 6.07) is 8.16. The minimum atomic E-state index is -0.860. The van der Waals surface area contributed by atoms with Gasteiger partial charge in [-0.2, -0.15) is 0 Å². The fraction of sp³-hybridized carbons (Fsp3) is 0.214. The van der Waals surface area contributed by atoms with Crippen LogP contribution in [0, 0.1) is 3.57 Å². The van der Waals surface area contributed by atoms with Gasteiger partial charge in [0.05, 0.1) is 6.61 Å². The molecule has 1 aliphatic carbocycles. The molecule has 0 amide bonds. The van der Waals surface area contributed by atoms with E-state index in [0.29, 0.717) is 6.61 Å². The van der Waals surface area contributed by atoms with Crippen LogP contribution in [0.3, 0.4) is 0 Å². The Balaban J connectivity index is 1.80. The summed E-state index contributed by atoms with van der Waals surface area (Å²) in [6.45, 7) is 0.490. The van der Waals surface area contributed by atoms with Crippen molar-refractivity contribution < 1.29 is 14.3 Å². The maximum absolute atomic E-state index is 11.1. The number of halogens is 1. The molecule has 18 heavy (non-hydrogen) atoms. The van der Waals surface area contributed by atoms with Gasteiger partial charge in [0, 0.05) is 3.57 Å². The third-order valence-electron chi connectivity index (χ3n) is 2.99. The van der Waals surface area contributed by atoms with Gasteiger partial charge in [-0.1, -0.05) is 12.1 Å². The van der Waals surface area contributed by atoms with Crippen molar-refractivity contribution in [2.24, 2.45) is 0 Å². The van der Waals surface area contributed by atoms with Crippen LogP contribution in [0.5, 0.6) is 0 Å². The molecule has 0 aromatic heterocycles. The quantitative estimate of drug-likeness (QED) is 0.728. The lowest BCUT2D eigenvalue weighted by molar-refractivity contribution is -0.113. The highest BCUT2D eigenvalue weighted by Crippen LogP contribution is 2.36. The number of hydrogen-bond donors (Lipinski definition) is 0. The molecular formula is C14H11IO3. The van der Waals surface area contributed by atoms with Crippen LogP contribution in [-0.4, -0.2) is 18.2 Å². The molecule has 1 fully saturated rings. The van der Waals surface area contributed by atoms with Crippen LogP contribution in [0.4, 0.5) is 0 Å². The Morgan fingerprint density at radius 3 is 2.50 bits per heavy atom. The van der Waals surface area contributed by atoms with Crippen LogP contribution in [0.2, 0.25) is 0 Å². The summed E-state index contributed by atoms with van der Waals surface area (Å²) in [5.41, 5.74) is 1.09. The molecule has 3 nitrogen and oxygen atoms in total. The standard InChI is InChI=1S/C14H11IO3/c15-11-3-1-10(2-4-11)13-9-17-14(18-13)7-5-12(16)6-8-14/h1-8,13H,9H2. The molecule has 1 aromatic carbocycles. The molecule has 1 atom stereocenters. The molecule has 92 valence electrons. The number of ketones is 1. The van der Waals surface area contributed by atoms with E-state index in [4.69, 9.17) is 9.47 Å². The highest BCUT2D eigenvalue weighted by atomic mass is 127. The number of hydrogen-bond acceptors (Lipinski definition) is 3. The Kier molecular flexibility index (Phi) is 3.09. The van der Waals surface area contributed by atoms with Gasteiger partial charge in [-0.15, -0.1) is 0 Å². The molecular weight excluding hydrogens is 343 g/mol. The number of carbonyl (C=O) groups is 1. The van der Waals surface area contributed by atoms with Gasteiger partial charge in [-0.05, 0) is 64.6 Å². The summed E-state index contributed by atoms with van der Waals surface area (Å²) < 4.78 is 12.8. The minimum Gasteiger partial charge on any atom is -0.340 e.